The van der Waals surface area contributed by atoms with Crippen molar-refractivity contribution in [2.24, 2.45) is 0 Å². The molecule has 1 N–H and O–H groups in total. The maximum absolute atomic E-state index is 13.3. The molecule has 160 valence electrons. The molecule has 1 aliphatic heterocycles. The molecule has 0 spiro atoms. The first-order chi connectivity index (χ1) is 14.8. The zero-order chi connectivity index (χ0) is 22.2. The maximum Gasteiger partial charge on any atom is 0.264 e. The van der Waals surface area contributed by atoms with Crippen LogP contribution >= 0.6 is 0 Å². The van der Waals surface area contributed by atoms with Crippen molar-refractivity contribution < 1.29 is 23.8 Å². The van der Waals surface area contributed by atoms with Crippen molar-refractivity contribution >= 4 is 17.4 Å². The third kappa shape index (κ3) is 3.64. The first-order valence-corrected chi connectivity index (χ1v) is 10.2. The number of para-hydroxylation sites is 2. The van der Waals surface area contributed by atoms with E-state index in [0.29, 0.717) is 28.1 Å². The Morgan fingerprint density at radius 1 is 1.06 bits per heavy atom. The third-order valence-electron chi connectivity index (χ3n) is 5.76. The fourth-order valence-electron chi connectivity index (χ4n) is 4.17. The second-order valence-electron chi connectivity index (χ2n) is 7.90. The van der Waals surface area contributed by atoms with E-state index in [2.05, 4.69) is 0 Å². The topological polar surface area (TPSA) is 80.0 Å². The molecule has 0 saturated carbocycles. The number of aryl methyl sites for hydroxylation is 3. The molecule has 6 heteroatoms. The van der Waals surface area contributed by atoms with Crippen molar-refractivity contribution in [1.29, 1.82) is 0 Å². The van der Waals surface area contributed by atoms with Gasteiger partial charge >= 0.3 is 0 Å². The molecule has 0 saturated heterocycles. The van der Waals surface area contributed by atoms with Crippen LogP contribution in [0.1, 0.15) is 39.2 Å². The Balaban J connectivity index is 1.57. The Bertz CT molecular complexity index is 1130. The highest BCUT2D eigenvalue weighted by molar-refractivity contribution is 6.11. The number of amides is 1. The Kier molecular flexibility index (Phi) is 5.41. The number of hydrogen-bond donors (Lipinski definition) is 1. The van der Waals surface area contributed by atoms with Crippen LogP contribution < -0.4 is 9.64 Å². The van der Waals surface area contributed by atoms with Crippen LogP contribution in [0.15, 0.2) is 59.2 Å². The van der Waals surface area contributed by atoms with Gasteiger partial charge in [0.15, 0.2) is 11.4 Å². The lowest BCUT2D eigenvalue weighted by atomic mass is 9.87. The average Bonchev–Trinajstić information content (AvgIpc) is 3.19. The van der Waals surface area contributed by atoms with Gasteiger partial charge < -0.3 is 19.2 Å². The molecule has 3 aromatic rings. The Morgan fingerprint density at radius 2 is 1.77 bits per heavy atom. The monoisotopic (exact) mass is 419 g/mol. The van der Waals surface area contributed by atoms with E-state index in [1.807, 2.05) is 31.2 Å². The summed E-state index contributed by atoms with van der Waals surface area (Å²) in [7, 11) is 0. The first kappa shape index (κ1) is 20.9. The molecule has 31 heavy (non-hydrogen) atoms. The number of carbonyl (C=O) groups is 2. The molecule has 2 heterocycles. The summed E-state index contributed by atoms with van der Waals surface area (Å²) in [5.74, 6) is 0.383. The molecule has 2 aromatic carbocycles. The summed E-state index contributed by atoms with van der Waals surface area (Å²) in [6.07, 6.45) is 1.16. The fourth-order valence-corrected chi connectivity index (χ4v) is 4.17. The van der Waals surface area contributed by atoms with Gasteiger partial charge in [0.2, 0.25) is 0 Å². The van der Waals surface area contributed by atoms with Crippen molar-refractivity contribution in [1.82, 2.24) is 0 Å². The quantitative estimate of drug-likeness (QED) is 0.584. The number of aliphatic hydroxyl groups is 1. The van der Waals surface area contributed by atoms with E-state index in [1.54, 1.807) is 38.1 Å². The number of fused-ring (bicyclic) bond motifs is 1. The van der Waals surface area contributed by atoms with E-state index in [1.165, 1.54) is 11.2 Å². The molecular formula is C25H25NO5. The van der Waals surface area contributed by atoms with Crippen LogP contribution in [0.5, 0.6) is 5.75 Å². The highest BCUT2D eigenvalue weighted by Crippen LogP contribution is 2.43. The molecule has 0 bridgehead atoms. The number of rotatable bonds is 7. The summed E-state index contributed by atoms with van der Waals surface area (Å²) in [5, 5.41) is 11.4. The summed E-state index contributed by atoms with van der Waals surface area (Å²) in [5.41, 5.74) is 1.21. The predicted molar refractivity (Wildman–Crippen MR) is 116 cm³/mol. The van der Waals surface area contributed by atoms with Crippen LogP contribution in [0.25, 0.3) is 0 Å². The molecule has 0 aliphatic carbocycles. The standard InChI is InChI=1S/C25H25NO5/c1-16-8-4-7-11-22(16)30-13-12-26-20-10-6-5-9-19(20)25(29,24(26)28)14-21(27)23-17(2)15-31-18(23)3/h4-11,15,29H,12-14H2,1-3H3. The van der Waals surface area contributed by atoms with E-state index in [4.69, 9.17) is 9.15 Å². The number of furan rings is 1. The Morgan fingerprint density at radius 3 is 2.48 bits per heavy atom. The Labute approximate surface area is 181 Å². The lowest BCUT2D eigenvalue weighted by molar-refractivity contribution is -0.135. The number of anilines is 1. The van der Waals surface area contributed by atoms with Crippen LogP contribution in [0, 0.1) is 20.8 Å². The van der Waals surface area contributed by atoms with Crippen molar-refractivity contribution in [3.05, 3.63) is 82.8 Å². The van der Waals surface area contributed by atoms with Gasteiger partial charge in [-0.15, -0.1) is 0 Å². The fraction of sp³-hybridized carbons (Fsp3) is 0.280. The van der Waals surface area contributed by atoms with Gasteiger partial charge in [0, 0.05) is 5.56 Å². The second kappa shape index (κ2) is 8.04. The molecule has 4 rings (SSSR count). The first-order valence-electron chi connectivity index (χ1n) is 10.2. The number of carbonyl (C=O) groups excluding carboxylic acids is 2. The van der Waals surface area contributed by atoms with Gasteiger partial charge in [0.25, 0.3) is 5.91 Å². The van der Waals surface area contributed by atoms with Crippen molar-refractivity contribution in [2.75, 3.05) is 18.1 Å². The second-order valence-corrected chi connectivity index (χ2v) is 7.90. The summed E-state index contributed by atoms with van der Waals surface area (Å²) in [6, 6.07) is 14.7. The maximum atomic E-state index is 13.3. The minimum absolute atomic E-state index is 0.254. The lowest BCUT2D eigenvalue weighted by Crippen LogP contribution is -2.43. The number of hydrogen-bond acceptors (Lipinski definition) is 5. The highest BCUT2D eigenvalue weighted by Gasteiger charge is 2.51. The van der Waals surface area contributed by atoms with Crippen molar-refractivity contribution in [2.45, 2.75) is 32.8 Å². The van der Waals surface area contributed by atoms with Crippen molar-refractivity contribution in [3.8, 4) is 5.75 Å². The minimum atomic E-state index is -1.92. The van der Waals surface area contributed by atoms with Gasteiger partial charge in [0.1, 0.15) is 18.1 Å². The van der Waals surface area contributed by atoms with Gasteiger partial charge in [-0.3, -0.25) is 9.59 Å². The van der Waals surface area contributed by atoms with E-state index in [-0.39, 0.29) is 25.4 Å². The number of benzene rings is 2. The summed E-state index contributed by atoms with van der Waals surface area (Å²) >= 11 is 0. The van der Waals surface area contributed by atoms with Gasteiger partial charge in [-0.1, -0.05) is 36.4 Å². The molecule has 6 nitrogen and oxygen atoms in total. The largest absolute Gasteiger partial charge is 0.491 e. The van der Waals surface area contributed by atoms with E-state index >= 15 is 0 Å². The average molecular weight is 419 g/mol. The van der Waals surface area contributed by atoms with E-state index < -0.39 is 11.5 Å². The van der Waals surface area contributed by atoms with Crippen LogP contribution in [-0.2, 0) is 10.4 Å². The van der Waals surface area contributed by atoms with E-state index in [9.17, 15) is 14.7 Å². The minimum Gasteiger partial charge on any atom is -0.491 e. The van der Waals surface area contributed by atoms with Crippen LogP contribution in [-0.4, -0.2) is 29.9 Å². The molecule has 1 aromatic heterocycles. The number of ketones is 1. The summed E-state index contributed by atoms with van der Waals surface area (Å²) < 4.78 is 11.2. The normalized spacial score (nSPS) is 17.7. The highest BCUT2D eigenvalue weighted by atomic mass is 16.5. The summed E-state index contributed by atoms with van der Waals surface area (Å²) in [4.78, 5) is 27.8. The van der Waals surface area contributed by atoms with Crippen molar-refractivity contribution in [3.63, 3.8) is 0 Å². The molecule has 1 unspecified atom stereocenters. The van der Waals surface area contributed by atoms with Crippen LogP contribution in [0.2, 0.25) is 0 Å². The van der Waals surface area contributed by atoms with Gasteiger partial charge in [-0.05, 0) is 44.0 Å². The van der Waals surface area contributed by atoms with Crippen LogP contribution in [0.3, 0.4) is 0 Å². The SMILES string of the molecule is Cc1ccccc1OCCN1C(=O)C(O)(CC(=O)c2c(C)coc2C)c2ccccc21. The van der Waals surface area contributed by atoms with Gasteiger partial charge in [-0.2, -0.15) is 0 Å². The zero-order valence-corrected chi connectivity index (χ0v) is 17.8. The molecule has 1 amide bonds. The molecule has 1 aliphatic rings. The zero-order valence-electron chi connectivity index (χ0n) is 17.8. The lowest BCUT2D eigenvalue weighted by Gasteiger charge is -2.23. The molecule has 0 fully saturated rings. The van der Waals surface area contributed by atoms with Crippen LogP contribution in [0.4, 0.5) is 5.69 Å². The molecule has 1 atom stereocenters. The third-order valence-corrected chi connectivity index (χ3v) is 5.76. The Hall–Kier alpha value is -3.38. The number of nitrogens with zero attached hydrogens (tertiary/aromatic N) is 1. The van der Waals surface area contributed by atoms with E-state index in [0.717, 1.165) is 11.3 Å². The molecule has 0 radical (unpaired) electrons. The van der Waals surface area contributed by atoms with Gasteiger partial charge in [0.05, 0.1) is 30.5 Å². The predicted octanol–water partition coefficient (Wildman–Crippen LogP) is 4.09. The smallest absolute Gasteiger partial charge is 0.264 e. The number of Topliss-reactive ketones (excluding diaryl/α,β-unsaturated/α-hetero) is 1. The summed E-state index contributed by atoms with van der Waals surface area (Å²) in [6.45, 7) is 5.94. The molecular weight excluding hydrogens is 394 g/mol. The number of ether oxygens (including phenoxy) is 1. The van der Waals surface area contributed by atoms with Gasteiger partial charge in [-0.25, -0.2) is 0 Å².